The number of carbonyl (C=O) groups excluding carboxylic acids is 1. The number of alkyl carbamates (subject to hydrolysis) is 1. The second-order valence-corrected chi connectivity index (χ2v) is 11.1. The van der Waals surface area contributed by atoms with Crippen LogP contribution in [0.25, 0.3) is 11.3 Å². The van der Waals surface area contributed by atoms with E-state index < -0.39 is 21.7 Å². The van der Waals surface area contributed by atoms with Crippen molar-refractivity contribution in [1.82, 2.24) is 19.5 Å². The van der Waals surface area contributed by atoms with Crippen molar-refractivity contribution in [2.24, 2.45) is 0 Å². The Hall–Kier alpha value is -2.01. The maximum atomic E-state index is 13.0. The molecule has 1 aliphatic rings. The van der Waals surface area contributed by atoms with E-state index in [-0.39, 0.29) is 11.4 Å². The maximum absolute atomic E-state index is 13.0. The highest BCUT2D eigenvalue weighted by atomic mass is 32.2. The summed E-state index contributed by atoms with van der Waals surface area (Å²) >= 11 is 1.40. The number of sulfonamides is 1. The molecule has 0 atom stereocenters. The molecular formula is C20H28N4O4S2. The zero-order valence-electron chi connectivity index (χ0n) is 17.7. The van der Waals surface area contributed by atoms with Crippen LogP contribution < -0.4 is 5.32 Å². The van der Waals surface area contributed by atoms with Crippen LogP contribution in [0.5, 0.6) is 0 Å². The third-order valence-electron chi connectivity index (χ3n) is 4.56. The molecule has 8 nitrogen and oxygen atoms in total. The third kappa shape index (κ3) is 5.78. The lowest BCUT2D eigenvalue weighted by atomic mass is 10.2. The van der Waals surface area contributed by atoms with E-state index in [9.17, 15) is 13.2 Å². The van der Waals surface area contributed by atoms with Crippen LogP contribution in [0, 0.1) is 0 Å². The summed E-state index contributed by atoms with van der Waals surface area (Å²) in [6.07, 6.45) is -0.500. The lowest BCUT2D eigenvalue weighted by molar-refractivity contribution is 0.0523. The zero-order valence-corrected chi connectivity index (χ0v) is 19.3. The number of ether oxygens (including phenoxy) is 1. The number of amides is 1. The Morgan fingerprint density at radius 3 is 2.60 bits per heavy atom. The van der Waals surface area contributed by atoms with Crippen LogP contribution in [0.15, 0.2) is 34.5 Å². The molecule has 1 aromatic carbocycles. The van der Waals surface area contributed by atoms with Crippen molar-refractivity contribution in [3.8, 4) is 11.3 Å². The first-order valence-electron chi connectivity index (χ1n) is 9.75. The van der Waals surface area contributed by atoms with Gasteiger partial charge in [0.2, 0.25) is 10.0 Å². The Morgan fingerprint density at radius 1 is 1.23 bits per heavy atom. The standard InChI is InChI=1S/C20H28N4O4S2/c1-20(2,3)28-19(25)21-13-18-22-17(14-29-18)15-6-5-7-16(12-15)30(26,27)24-10-8-23(4)9-11-24/h5-7,12,14H,8-11,13H2,1-4H3,(H,21,25). The SMILES string of the molecule is CN1CCN(S(=O)(=O)c2cccc(-c3csc(CNC(=O)OC(C)(C)C)n3)c2)CC1. The summed E-state index contributed by atoms with van der Waals surface area (Å²) in [5.41, 5.74) is 0.842. The molecule has 2 heterocycles. The van der Waals surface area contributed by atoms with Gasteiger partial charge in [0.25, 0.3) is 0 Å². The van der Waals surface area contributed by atoms with E-state index in [1.54, 1.807) is 39.0 Å². The molecular weight excluding hydrogens is 424 g/mol. The summed E-state index contributed by atoms with van der Waals surface area (Å²) in [6.45, 7) is 8.07. The number of rotatable bonds is 5. The number of hydrogen-bond acceptors (Lipinski definition) is 7. The van der Waals surface area contributed by atoms with Gasteiger partial charge in [-0.15, -0.1) is 11.3 Å². The summed E-state index contributed by atoms with van der Waals surface area (Å²) in [6, 6.07) is 6.85. The largest absolute Gasteiger partial charge is 0.444 e. The number of nitrogens with one attached hydrogen (secondary N) is 1. The van der Waals surface area contributed by atoms with Crippen molar-refractivity contribution in [2.45, 2.75) is 37.8 Å². The van der Waals surface area contributed by atoms with Crippen molar-refractivity contribution in [2.75, 3.05) is 33.2 Å². The normalized spacial score (nSPS) is 16.4. The number of likely N-dealkylation sites (N-methyl/N-ethyl adjacent to an activating group) is 1. The molecule has 164 valence electrons. The van der Waals surface area contributed by atoms with Gasteiger partial charge in [0.15, 0.2) is 0 Å². The van der Waals surface area contributed by atoms with Crippen molar-refractivity contribution in [3.05, 3.63) is 34.7 Å². The lowest BCUT2D eigenvalue weighted by Gasteiger charge is -2.31. The molecule has 1 saturated heterocycles. The molecule has 1 fully saturated rings. The van der Waals surface area contributed by atoms with Gasteiger partial charge in [-0.1, -0.05) is 12.1 Å². The number of thiazole rings is 1. The first kappa shape index (κ1) is 22.7. The van der Waals surface area contributed by atoms with Crippen molar-refractivity contribution in [1.29, 1.82) is 0 Å². The van der Waals surface area contributed by atoms with Crippen LogP contribution in [0.2, 0.25) is 0 Å². The second kappa shape index (κ2) is 9.01. The molecule has 0 aliphatic carbocycles. The fourth-order valence-electron chi connectivity index (χ4n) is 2.98. The van der Waals surface area contributed by atoms with E-state index in [2.05, 4.69) is 15.2 Å². The van der Waals surface area contributed by atoms with Crippen LogP contribution in [0.1, 0.15) is 25.8 Å². The van der Waals surface area contributed by atoms with Crippen LogP contribution in [0.3, 0.4) is 0 Å². The Balaban J connectivity index is 1.70. The highest BCUT2D eigenvalue weighted by Gasteiger charge is 2.27. The third-order valence-corrected chi connectivity index (χ3v) is 7.31. The molecule has 0 bridgehead atoms. The Bertz CT molecular complexity index is 990. The van der Waals surface area contributed by atoms with Gasteiger partial charge in [0, 0.05) is 37.1 Å². The van der Waals surface area contributed by atoms with E-state index in [1.807, 2.05) is 18.5 Å². The van der Waals surface area contributed by atoms with Crippen LogP contribution in [0.4, 0.5) is 4.79 Å². The van der Waals surface area contributed by atoms with Gasteiger partial charge in [-0.2, -0.15) is 4.31 Å². The van der Waals surface area contributed by atoms with E-state index in [0.29, 0.717) is 23.8 Å². The summed E-state index contributed by atoms with van der Waals surface area (Å²) in [5.74, 6) is 0. The molecule has 1 amide bonds. The quantitative estimate of drug-likeness (QED) is 0.750. The zero-order chi connectivity index (χ0) is 21.9. The smallest absolute Gasteiger partial charge is 0.408 e. The highest BCUT2D eigenvalue weighted by Crippen LogP contribution is 2.26. The van der Waals surface area contributed by atoms with Gasteiger partial charge in [-0.25, -0.2) is 18.2 Å². The molecule has 1 aliphatic heterocycles. The lowest BCUT2D eigenvalue weighted by Crippen LogP contribution is -2.47. The van der Waals surface area contributed by atoms with Crippen LogP contribution in [-0.4, -0.2) is 67.5 Å². The summed E-state index contributed by atoms with van der Waals surface area (Å²) in [7, 11) is -1.55. The molecule has 0 radical (unpaired) electrons. The minimum Gasteiger partial charge on any atom is -0.444 e. The number of hydrogen-bond donors (Lipinski definition) is 1. The van der Waals surface area contributed by atoms with Gasteiger partial charge in [-0.3, -0.25) is 0 Å². The van der Waals surface area contributed by atoms with E-state index >= 15 is 0 Å². The summed E-state index contributed by atoms with van der Waals surface area (Å²) in [4.78, 5) is 18.7. The number of piperazine rings is 1. The monoisotopic (exact) mass is 452 g/mol. The Kier molecular flexibility index (Phi) is 6.81. The Morgan fingerprint density at radius 2 is 1.93 bits per heavy atom. The number of benzene rings is 1. The Labute approximate surface area is 181 Å². The van der Waals surface area contributed by atoms with Gasteiger partial charge >= 0.3 is 6.09 Å². The summed E-state index contributed by atoms with van der Waals surface area (Å²) in [5, 5.41) is 5.25. The second-order valence-electron chi connectivity index (χ2n) is 8.22. The van der Waals surface area contributed by atoms with E-state index in [4.69, 9.17) is 4.74 Å². The number of carbonyl (C=O) groups is 1. The van der Waals surface area contributed by atoms with Crippen molar-refractivity contribution < 1.29 is 17.9 Å². The maximum Gasteiger partial charge on any atom is 0.408 e. The highest BCUT2D eigenvalue weighted by molar-refractivity contribution is 7.89. The average Bonchev–Trinajstić information content (AvgIpc) is 3.15. The molecule has 1 N–H and O–H groups in total. The fraction of sp³-hybridized carbons (Fsp3) is 0.500. The average molecular weight is 453 g/mol. The minimum atomic E-state index is -3.54. The molecule has 0 unspecified atom stereocenters. The molecule has 1 aromatic heterocycles. The predicted molar refractivity (Wildman–Crippen MR) is 117 cm³/mol. The molecule has 30 heavy (non-hydrogen) atoms. The summed E-state index contributed by atoms with van der Waals surface area (Å²) < 4.78 is 32.8. The predicted octanol–water partition coefficient (Wildman–Crippen LogP) is 2.77. The molecule has 0 spiro atoms. The van der Waals surface area contributed by atoms with Crippen molar-refractivity contribution >= 4 is 27.5 Å². The molecule has 3 rings (SSSR count). The van der Waals surface area contributed by atoms with Gasteiger partial charge in [0.1, 0.15) is 10.6 Å². The van der Waals surface area contributed by atoms with Crippen LogP contribution in [-0.2, 0) is 21.3 Å². The fourth-order valence-corrected chi connectivity index (χ4v) is 5.19. The molecule has 0 saturated carbocycles. The first-order chi connectivity index (χ1) is 14.0. The number of nitrogens with zero attached hydrogens (tertiary/aromatic N) is 3. The molecule has 10 heteroatoms. The molecule has 2 aromatic rings. The van der Waals surface area contributed by atoms with Gasteiger partial charge < -0.3 is 15.0 Å². The van der Waals surface area contributed by atoms with Crippen LogP contribution >= 0.6 is 11.3 Å². The number of aromatic nitrogens is 1. The van der Waals surface area contributed by atoms with Gasteiger partial charge in [0.05, 0.1) is 17.1 Å². The van der Waals surface area contributed by atoms with E-state index in [1.165, 1.54) is 15.6 Å². The first-order valence-corrected chi connectivity index (χ1v) is 12.1. The minimum absolute atomic E-state index is 0.249. The van der Waals surface area contributed by atoms with Crippen molar-refractivity contribution in [3.63, 3.8) is 0 Å². The van der Waals surface area contributed by atoms with Gasteiger partial charge in [-0.05, 0) is 40.0 Å². The van der Waals surface area contributed by atoms with E-state index in [0.717, 1.165) is 18.7 Å². The topological polar surface area (TPSA) is 91.8 Å².